The van der Waals surface area contributed by atoms with Crippen molar-refractivity contribution in [2.75, 3.05) is 12.5 Å². The molecule has 0 saturated carbocycles. The van der Waals surface area contributed by atoms with Crippen molar-refractivity contribution in [3.05, 3.63) is 53.1 Å². The zero-order chi connectivity index (χ0) is 14.7. The lowest BCUT2D eigenvalue weighted by Crippen LogP contribution is -2.14. The smallest absolute Gasteiger partial charge is 0.189 e. The van der Waals surface area contributed by atoms with Crippen molar-refractivity contribution in [2.45, 2.75) is 26.6 Å². The van der Waals surface area contributed by atoms with E-state index in [1.807, 2.05) is 24.3 Å². The van der Waals surface area contributed by atoms with Gasteiger partial charge in [0.05, 0.1) is 6.61 Å². The van der Waals surface area contributed by atoms with Gasteiger partial charge >= 0.3 is 0 Å². The van der Waals surface area contributed by atoms with Gasteiger partial charge in [0.15, 0.2) is 6.79 Å². The molecule has 3 rings (SSSR count). The molecule has 0 amide bonds. The number of hydrogen-bond acceptors (Lipinski definition) is 4. The lowest BCUT2D eigenvalue weighted by atomic mass is 10.1. The molecule has 1 aliphatic heterocycles. The molecule has 0 aliphatic carbocycles. The van der Waals surface area contributed by atoms with Crippen LogP contribution in [0.4, 0.5) is 5.69 Å². The summed E-state index contributed by atoms with van der Waals surface area (Å²) in [5, 5.41) is 0. The molecule has 2 N–H and O–H groups in total. The maximum atomic E-state index is 5.93. The number of anilines is 1. The van der Waals surface area contributed by atoms with Gasteiger partial charge in [-0.1, -0.05) is 19.1 Å². The largest absolute Gasteiger partial charge is 0.489 e. The van der Waals surface area contributed by atoms with Crippen LogP contribution in [-0.4, -0.2) is 6.79 Å². The van der Waals surface area contributed by atoms with Gasteiger partial charge in [-0.25, -0.2) is 0 Å². The Balaban J connectivity index is 1.80. The first kappa shape index (κ1) is 13.8. The lowest BCUT2D eigenvalue weighted by Gasteiger charge is -2.21. The fourth-order valence-electron chi connectivity index (χ4n) is 2.45. The average Bonchev–Trinajstić information content (AvgIpc) is 2.52. The van der Waals surface area contributed by atoms with Crippen LogP contribution in [-0.2, 0) is 24.4 Å². The number of hydrogen-bond donors (Lipinski definition) is 1. The Kier molecular flexibility index (Phi) is 3.97. The predicted octanol–water partition coefficient (Wildman–Crippen LogP) is 3.28. The zero-order valence-electron chi connectivity index (χ0n) is 12.1. The number of nitrogens with two attached hydrogens (primary N) is 1. The van der Waals surface area contributed by atoms with Crippen molar-refractivity contribution in [3.8, 4) is 11.5 Å². The Labute approximate surface area is 124 Å². The van der Waals surface area contributed by atoms with E-state index in [9.17, 15) is 0 Å². The molecular formula is C17H19NO3. The Morgan fingerprint density at radius 1 is 1.24 bits per heavy atom. The van der Waals surface area contributed by atoms with E-state index >= 15 is 0 Å². The molecule has 0 atom stereocenters. The molecule has 0 aromatic heterocycles. The van der Waals surface area contributed by atoms with E-state index in [1.165, 1.54) is 5.56 Å². The quantitative estimate of drug-likeness (QED) is 0.876. The SMILES string of the molecule is CCc1cccc(OCc2cc(N)cc3c2OCOC3)c1. The second-order valence-electron chi connectivity index (χ2n) is 5.07. The standard InChI is InChI=1S/C17H19NO3/c1-2-12-4-3-5-16(6-12)20-10-14-8-15(18)7-13-9-19-11-21-17(13)14/h3-8H,2,9-11,18H2,1H3. The molecule has 0 radical (unpaired) electrons. The molecule has 0 spiro atoms. The number of nitrogen functional groups attached to an aromatic ring is 1. The highest BCUT2D eigenvalue weighted by atomic mass is 16.7. The number of aryl methyl sites for hydroxylation is 1. The summed E-state index contributed by atoms with van der Waals surface area (Å²) in [7, 11) is 0. The van der Waals surface area contributed by atoms with Crippen molar-refractivity contribution in [3.63, 3.8) is 0 Å². The van der Waals surface area contributed by atoms with Crippen molar-refractivity contribution in [2.24, 2.45) is 0 Å². The first-order valence-corrected chi connectivity index (χ1v) is 7.10. The van der Waals surface area contributed by atoms with Gasteiger partial charge in [-0.15, -0.1) is 0 Å². The van der Waals surface area contributed by atoms with E-state index in [-0.39, 0.29) is 6.79 Å². The van der Waals surface area contributed by atoms with Crippen molar-refractivity contribution in [1.29, 1.82) is 0 Å². The monoisotopic (exact) mass is 285 g/mol. The van der Waals surface area contributed by atoms with Crippen LogP contribution in [0.3, 0.4) is 0 Å². The summed E-state index contributed by atoms with van der Waals surface area (Å²) in [6.45, 7) is 3.36. The minimum Gasteiger partial charge on any atom is -0.489 e. The fourth-order valence-corrected chi connectivity index (χ4v) is 2.45. The second-order valence-corrected chi connectivity index (χ2v) is 5.07. The van der Waals surface area contributed by atoms with Gasteiger partial charge in [0.2, 0.25) is 0 Å². The highest BCUT2D eigenvalue weighted by molar-refractivity contribution is 5.53. The van der Waals surface area contributed by atoms with Crippen LogP contribution in [0.15, 0.2) is 36.4 Å². The molecule has 4 heteroatoms. The fraction of sp³-hybridized carbons (Fsp3) is 0.294. The van der Waals surface area contributed by atoms with Crippen molar-refractivity contribution >= 4 is 5.69 Å². The summed E-state index contributed by atoms with van der Waals surface area (Å²) in [6.07, 6.45) is 0.991. The molecule has 2 aromatic rings. The van der Waals surface area contributed by atoms with E-state index in [0.29, 0.717) is 18.9 Å². The molecule has 0 unspecified atom stereocenters. The summed E-state index contributed by atoms with van der Waals surface area (Å²) in [5.74, 6) is 1.69. The second kappa shape index (κ2) is 6.06. The normalized spacial score (nSPS) is 13.4. The third-order valence-electron chi connectivity index (χ3n) is 3.51. The summed E-state index contributed by atoms with van der Waals surface area (Å²) in [5.41, 5.74) is 9.81. The van der Waals surface area contributed by atoms with Crippen LogP contribution in [0.1, 0.15) is 23.6 Å². The molecule has 1 aliphatic rings. The first-order valence-electron chi connectivity index (χ1n) is 7.10. The highest BCUT2D eigenvalue weighted by Gasteiger charge is 2.16. The molecule has 2 aromatic carbocycles. The molecule has 1 heterocycles. The number of ether oxygens (including phenoxy) is 3. The summed E-state index contributed by atoms with van der Waals surface area (Å²) < 4.78 is 16.7. The molecule has 4 nitrogen and oxygen atoms in total. The number of rotatable bonds is 4. The van der Waals surface area contributed by atoms with Crippen LogP contribution in [0.2, 0.25) is 0 Å². The summed E-state index contributed by atoms with van der Waals surface area (Å²) in [6, 6.07) is 11.9. The Bertz CT molecular complexity index is 640. The zero-order valence-corrected chi connectivity index (χ0v) is 12.1. The molecule has 0 fully saturated rings. The third-order valence-corrected chi connectivity index (χ3v) is 3.51. The van der Waals surface area contributed by atoms with E-state index in [0.717, 1.165) is 29.0 Å². The maximum absolute atomic E-state index is 5.93. The van der Waals surface area contributed by atoms with E-state index in [2.05, 4.69) is 19.1 Å². The lowest BCUT2D eigenvalue weighted by molar-refractivity contribution is -0.0175. The number of fused-ring (bicyclic) bond motifs is 1. The van der Waals surface area contributed by atoms with Crippen LogP contribution in [0.5, 0.6) is 11.5 Å². The van der Waals surface area contributed by atoms with Gasteiger partial charge in [-0.05, 0) is 36.2 Å². The minimum absolute atomic E-state index is 0.273. The van der Waals surface area contributed by atoms with Gasteiger partial charge in [0, 0.05) is 16.8 Å². The van der Waals surface area contributed by atoms with Gasteiger partial charge in [0.1, 0.15) is 18.1 Å². The third kappa shape index (κ3) is 3.11. The maximum Gasteiger partial charge on any atom is 0.189 e. The van der Waals surface area contributed by atoms with Gasteiger partial charge in [0.25, 0.3) is 0 Å². The van der Waals surface area contributed by atoms with Crippen molar-refractivity contribution in [1.82, 2.24) is 0 Å². The number of benzene rings is 2. The van der Waals surface area contributed by atoms with E-state index < -0.39 is 0 Å². The molecule has 110 valence electrons. The molecule has 0 saturated heterocycles. The summed E-state index contributed by atoms with van der Waals surface area (Å²) in [4.78, 5) is 0. The van der Waals surface area contributed by atoms with Crippen LogP contribution >= 0.6 is 0 Å². The Hall–Kier alpha value is -2.20. The minimum atomic E-state index is 0.273. The van der Waals surface area contributed by atoms with E-state index in [1.54, 1.807) is 0 Å². The van der Waals surface area contributed by atoms with Crippen LogP contribution < -0.4 is 15.2 Å². The van der Waals surface area contributed by atoms with Crippen LogP contribution in [0.25, 0.3) is 0 Å². The van der Waals surface area contributed by atoms with Gasteiger partial charge in [-0.2, -0.15) is 0 Å². The van der Waals surface area contributed by atoms with Gasteiger partial charge in [-0.3, -0.25) is 0 Å². The van der Waals surface area contributed by atoms with Crippen LogP contribution in [0, 0.1) is 0 Å². The summed E-state index contributed by atoms with van der Waals surface area (Å²) >= 11 is 0. The Morgan fingerprint density at radius 3 is 3.00 bits per heavy atom. The molecule has 21 heavy (non-hydrogen) atoms. The highest BCUT2D eigenvalue weighted by Crippen LogP contribution is 2.31. The topological polar surface area (TPSA) is 53.7 Å². The van der Waals surface area contributed by atoms with E-state index in [4.69, 9.17) is 19.9 Å². The molecule has 0 bridgehead atoms. The Morgan fingerprint density at radius 2 is 2.14 bits per heavy atom. The predicted molar refractivity (Wildman–Crippen MR) is 81.3 cm³/mol. The average molecular weight is 285 g/mol. The molecular weight excluding hydrogens is 266 g/mol. The van der Waals surface area contributed by atoms with Crippen molar-refractivity contribution < 1.29 is 14.2 Å². The first-order chi connectivity index (χ1) is 10.3. The van der Waals surface area contributed by atoms with Gasteiger partial charge < -0.3 is 19.9 Å².